The van der Waals surface area contributed by atoms with Crippen LogP contribution in [-0.2, 0) is 4.79 Å². The quantitative estimate of drug-likeness (QED) is 0.536. The van der Waals surface area contributed by atoms with Gasteiger partial charge in [0.1, 0.15) is 0 Å². The summed E-state index contributed by atoms with van der Waals surface area (Å²) in [5.74, 6) is 6.82. The molecule has 0 aliphatic heterocycles. The molecule has 144 valence electrons. The molecule has 1 fully saturated rings. The number of carbonyl (C=O) groups excluding carboxylic acids is 2. The van der Waals surface area contributed by atoms with E-state index in [0.717, 1.165) is 18.7 Å². The summed E-state index contributed by atoms with van der Waals surface area (Å²) in [5.41, 5.74) is 0.613. The van der Waals surface area contributed by atoms with Crippen LogP contribution in [0.4, 0.5) is 10.5 Å². The molecule has 9 heteroatoms. The molecule has 1 aliphatic carbocycles. The molecule has 27 heavy (non-hydrogen) atoms. The van der Waals surface area contributed by atoms with Crippen LogP contribution in [0.25, 0.3) is 0 Å². The van der Waals surface area contributed by atoms with Crippen LogP contribution >= 0.6 is 11.8 Å². The summed E-state index contributed by atoms with van der Waals surface area (Å²) in [6, 6.07) is 8.35. The van der Waals surface area contributed by atoms with Crippen LogP contribution in [-0.4, -0.2) is 32.1 Å². The maximum absolute atomic E-state index is 12.3. The summed E-state index contributed by atoms with van der Waals surface area (Å²) in [6.07, 6.45) is 5.73. The van der Waals surface area contributed by atoms with Crippen LogP contribution in [0.1, 0.15) is 50.8 Å². The first-order valence-electron chi connectivity index (χ1n) is 9.08. The highest BCUT2D eigenvalue weighted by atomic mass is 32.2. The van der Waals surface area contributed by atoms with Gasteiger partial charge in [0.25, 0.3) is 0 Å². The minimum Gasteiger partial charge on any atom is -0.336 e. The van der Waals surface area contributed by atoms with E-state index in [9.17, 15) is 9.59 Å². The topological polar surface area (TPSA) is 115 Å². The van der Waals surface area contributed by atoms with Gasteiger partial charge in [-0.3, -0.25) is 10.1 Å². The number of nitrogens with zero attached hydrogens (tertiary/aromatic N) is 3. The van der Waals surface area contributed by atoms with E-state index in [4.69, 9.17) is 5.84 Å². The lowest BCUT2D eigenvalue weighted by atomic mass is 9.89. The van der Waals surface area contributed by atoms with E-state index in [1.165, 1.54) is 35.7 Å². The van der Waals surface area contributed by atoms with E-state index in [2.05, 4.69) is 20.8 Å². The SMILES string of the molecule is CC(Sc1nnc(C2CCCCC2)n1N)C(=O)NC(=O)Nc1ccccc1. The van der Waals surface area contributed by atoms with E-state index >= 15 is 0 Å². The highest BCUT2D eigenvalue weighted by Gasteiger charge is 2.25. The molecule has 0 spiro atoms. The van der Waals surface area contributed by atoms with Gasteiger partial charge in [0.05, 0.1) is 5.25 Å². The van der Waals surface area contributed by atoms with Gasteiger partial charge < -0.3 is 11.2 Å². The number of anilines is 1. The van der Waals surface area contributed by atoms with Gasteiger partial charge in [0.2, 0.25) is 11.1 Å². The lowest BCUT2D eigenvalue weighted by Gasteiger charge is -2.20. The Morgan fingerprint density at radius 3 is 2.59 bits per heavy atom. The second-order valence-corrected chi connectivity index (χ2v) is 7.92. The van der Waals surface area contributed by atoms with Gasteiger partial charge in [-0.1, -0.05) is 49.2 Å². The zero-order valence-corrected chi connectivity index (χ0v) is 16.0. The minimum atomic E-state index is -0.573. The summed E-state index contributed by atoms with van der Waals surface area (Å²) in [4.78, 5) is 24.2. The van der Waals surface area contributed by atoms with Crippen LogP contribution in [0.15, 0.2) is 35.5 Å². The number of rotatable bonds is 5. The molecular formula is C18H24N6O2S. The Hall–Kier alpha value is -2.55. The zero-order chi connectivity index (χ0) is 19.2. The average Bonchev–Trinajstić information content (AvgIpc) is 3.03. The van der Waals surface area contributed by atoms with Crippen LogP contribution in [0.5, 0.6) is 0 Å². The molecule has 1 heterocycles. The van der Waals surface area contributed by atoms with E-state index in [1.54, 1.807) is 31.2 Å². The highest BCUT2D eigenvalue weighted by Crippen LogP contribution is 2.32. The van der Waals surface area contributed by atoms with Crippen LogP contribution in [0, 0.1) is 0 Å². The number of nitrogens with two attached hydrogens (primary N) is 1. The number of urea groups is 1. The zero-order valence-electron chi connectivity index (χ0n) is 15.2. The van der Waals surface area contributed by atoms with E-state index in [1.807, 2.05) is 6.07 Å². The summed E-state index contributed by atoms with van der Waals surface area (Å²) >= 11 is 1.18. The summed E-state index contributed by atoms with van der Waals surface area (Å²) in [5, 5.41) is 13.2. The second-order valence-electron chi connectivity index (χ2n) is 6.62. The number of carbonyl (C=O) groups is 2. The maximum atomic E-state index is 12.3. The van der Waals surface area contributed by atoms with Crippen molar-refractivity contribution in [2.75, 3.05) is 11.2 Å². The molecule has 1 saturated carbocycles. The molecule has 8 nitrogen and oxygen atoms in total. The monoisotopic (exact) mass is 388 g/mol. The van der Waals surface area contributed by atoms with Crippen molar-refractivity contribution in [2.45, 2.75) is 55.4 Å². The molecule has 3 rings (SSSR count). The number of benzene rings is 1. The highest BCUT2D eigenvalue weighted by molar-refractivity contribution is 8.00. The number of amides is 3. The van der Waals surface area contributed by atoms with Gasteiger partial charge in [-0.2, -0.15) is 0 Å². The molecular weight excluding hydrogens is 364 g/mol. The van der Waals surface area contributed by atoms with E-state index in [-0.39, 0.29) is 0 Å². The van der Waals surface area contributed by atoms with Gasteiger partial charge in [0.15, 0.2) is 5.82 Å². The molecule has 1 unspecified atom stereocenters. The Bertz CT molecular complexity index is 788. The van der Waals surface area contributed by atoms with Crippen molar-refractivity contribution in [3.63, 3.8) is 0 Å². The number of nitrogen functional groups attached to an aromatic ring is 1. The Labute approximate surface area is 162 Å². The molecule has 1 atom stereocenters. The molecule has 1 aliphatic rings. The van der Waals surface area contributed by atoms with Crippen molar-refractivity contribution in [1.29, 1.82) is 0 Å². The first-order valence-corrected chi connectivity index (χ1v) is 9.96. The number of hydrogen-bond donors (Lipinski definition) is 3. The second kappa shape index (κ2) is 8.90. The van der Waals surface area contributed by atoms with E-state index < -0.39 is 17.2 Å². The fraction of sp³-hybridized carbons (Fsp3) is 0.444. The Balaban J connectivity index is 1.55. The van der Waals surface area contributed by atoms with Gasteiger partial charge in [-0.25, -0.2) is 9.47 Å². The molecule has 4 N–H and O–H groups in total. The smallest absolute Gasteiger partial charge is 0.325 e. The fourth-order valence-corrected chi connectivity index (χ4v) is 3.89. The lowest BCUT2D eigenvalue weighted by molar-refractivity contribution is -0.119. The first-order chi connectivity index (χ1) is 13.0. The van der Waals surface area contributed by atoms with Crippen molar-refractivity contribution >= 4 is 29.4 Å². The Morgan fingerprint density at radius 1 is 1.19 bits per heavy atom. The van der Waals surface area contributed by atoms with Crippen molar-refractivity contribution < 1.29 is 9.59 Å². The third-order valence-electron chi connectivity index (χ3n) is 4.58. The minimum absolute atomic E-state index is 0.325. The normalized spacial score (nSPS) is 15.9. The molecule has 2 aromatic rings. The standard InChI is InChI=1S/C18H24N6O2S/c1-12(16(25)21-17(26)20-14-10-6-3-7-11-14)27-18-23-22-15(24(18)19)13-8-4-2-5-9-13/h3,6-7,10-13H,2,4-5,8-9,19H2,1H3,(H2,20,21,25,26). The number of nitrogens with one attached hydrogen (secondary N) is 2. The Morgan fingerprint density at radius 2 is 1.89 bits per heavy atom. The van der Waals surface area contributed by atoms with E-state index in [0.29, 0.717) is 16.8 Å². The number of thioether (sulfide) groups is 1. The van der Waals surface area contributed by atoms with Crippen LogP contribution in [0.2, 0.25) is 0 Å². The van der Waals surface area contributed by atoms with Crippen molar-refractivity contribution in [2.24, 2.45) is 0 Å². The third-order valence-corrected chi connectivity index (χ3v) is 5.64. The molecule has 1 aromatic heterocycles. The predicted octanol–water partition coefficient (Wildman–Crippen LogP) is 2.87. The fourth-order valence-electron chi connectivity index (χ4n) is 3.12. The van der Waals surface area contributed by atoms with Gasteiger partial charge in [-0.05, 0) is 31.9 Å². The van der Waals surface area contributed by atoms with Gasteiger partial charge in [-0.15, -0.1) is 10.2 Å². The third kappa shape index (κ3) is 5.00. The molecule has 0 bridgehead atoms. The summed E-state index contributed by atoms with van der Waals surface area (Å²) < 4.78 is 1.48. The van der Waals surface area contributed by atoms with Crippen molar-refractivity contribution in [1.82, 2.24) is 20.2 Å². The first kappa shape index (κ1) is 19.2. The van der Waals surface area contributed by atoms with Crippen LogP contribution < -0.4 is 16.5 Å². The molecule has 0 radical (unpaired) electrons. The maximum Gasteiger partial charge on any atom is 0.325 e. The molecule has 3 amide bonds. The molecule has 1 aromatic carbocycles. The Kier molecular flexibility index (Phi) is 6.33. The number of aromatic nitrogens is 3. The number of para-hydroxylation sites is 1. The largest absolute Gasteiger partial charge is 0.336 e. The van der Waals surface area contributed by atoms with Crippen molar-refractivity contribution in [3.8, 4) is 0 Å². The lowest BCUT2D eigenvalue weighted by Crippen LogP contribution is -2.39. The number of hydrogen-bond acceptors (Lipinski definition) is 6. The average molecular weight is 388 g/mol. The summed E-state index contributed by atoms with van der Waals surface area (Å²) in [7, 11) is 0. The van der Waals surface area contributed by atoms with Crippen molar-refractivity contribution in [3.05, 3.63) is 36.2 Å². The summed E-state index contributed by atoms with van der Waals surface area (Å²) in [6.45, 7) is 1.70. The van der Waals surface area contributed by atoms with Gasteiger partial charge >= 0.3 is 6.03 Å². The van der Waals surface area contributed by atoms with Crippen LogP contribution in [0.3, 0.4) is 0 Å². The number of imide groups is 1. The molecule has 0 saturated heterocycles. The van der Waals surface area contributed by atoms with Gasteiger partial charge in [0, 0.05) is 11.6 Å². The predicted molar refractivity (Wildman–Crippen MR) is 105 cm³/mol.